The number of amides is 1. The largest absolute Gasteiger partial charge is 0.469 e. The van der Waals surface area contributed by atoms with Crippen LogP contribution in [-0.4, -0.2) is 42.7 Å². The maximum atomic E-state index is 14.1. The van der Waals surface area contributed by atoms with Gasteiger partial charge in [0, 0.05) is 25.7 Å². The van der Waals surface area contributed by atoms with Gasteiger partial charge in [-0.05, 0) is 61.8 Å². The third-order valence-electron chi connectivity index (χ3n) is 7.24. The van der Waals surface area contributed by atoms with Crippen molar-refractivity contribution in [3.63, 3.8) is 0 Å². The number of ketones is 1. The van der Waals surface area contributed by atoms with Crippen molar-refractivity contribution in [2.75, 3.05) is 6.61 Å². The summed E-state index contributed by atoms with van der Waals surface area (Å²) in [6, 6.07) is 6.04. The fourth-order valence-corrected chi connectivity index (χ4v) is 5.78. The average molecular weight is 528 g/mol. The molecule has 1 amide bonds. The summed E-state index contributed by atoms with van der Waals surface area (Å²) in [6.07, 6.45) is 3.59. The van der Waals surface area contributed by atoms with Crippen LogP contribution in [0, 0.1) is 17.7 Å². The van der Waals surface area contributed by atoms with Crippen LogP contribution in [-0.2, 0) is 24.5 Å². The number of hydrogen-bond donors (Lipinski definition) is 2. The van der Waals surface area contributed by atoms with E-state index >= 15 is 0 Å². The van der Waals surface area contributed by atoms with Crippen LogP contribution in [0.4, 0.5) is 4.39 Å². The highest BCUT2D eigenvalue weighted by Gasteiger charge is 2.49. The lowest BCUT2D eigenvalue weighted by Gasteiger charge is -2.23. The van der Waals surface area contributed by atoms with Crippen LogP contribution >= 0.6 is 11.6 Å². The Morgan fingerprint density at radius 3 is 2.70 bits per heavy atom. The highest BCUT2D eigenvalue weighted by atomic mass is 35.5. The van der Waals surface area contributed by atoms with Crippen molar-refractivity contribution in [3.8, 4) is 17.3 Å². The molecule has 1 aromatic carbocycles. The lowest BCUT2D eigenvalue weighted by atomic mass is 9.93. The van der Waals surface area contributed by atoms with Crippen LogP contribution in [0.1, 0.15) is 48.1 Å². The Labute approximate surface area is 217 Å². The zero-order valence-electron chi connectivity index (χ0n) is 20.7. The van der Waals surface area contributed by atoms with E-state index in [0.717, 1.165) is 5.57 Å². The van der Waals surface area contributed by atoms with E-state index < -0.39 is 17.3 Å². The summed E-state index contributed by atoms with van der Waals surface area (Å²) in [7, 11) is 3.40. The fraction of sp³-hybridized carbons (Fsp3) is 0.385. The molecular weight excluding hydrogens is 501 g/mol. The number of halogens is 2. The zero-order valence-corrected chi connectivity index (χ0v) is 21.4. The molecule has 2 heterocycles. The number of ether oxygens (including phenoxy) is 1. The molecule has 3 unspecified atom stereocenters. The highest BCUT2D eigenvalue weighted by Crippen LogP contribution is 2.54. The van der Waals surface area contributed by atoms with Gasteiger partial charge in [-0.15, -0.1) is 5.10 Å². The van der Waals surface area contributed by atoms with Gasteiger partial charge in [-0.1, -0.05) is 17.7 Å². The Bertz CT molecular complexity index is 1460. The number of Topliss-reactive ketones (excluding diaryl/α,β-unsaturated/α-hetero) is 1. The molecule has 37 heavy (non-hydrogen) atoms. The number of carbonyl (C=O) groups excluding carboxylic acids is 2. The first-order valence-electron chi connectivity index (χ1n) is 11.9. The molecule has 1 fully saturated rings. The summed E-state index contributed by atoms with van der Waals surface area (Å²) in [6.45, 7) is 1.35. The van der Waals surface area contributed by atoms with Crippen molar-refractivity contribution in [2.24, 2.45) is 31.7 Å². The predicted octanol–water partition coefficient (Wildman–Crippen LogP) is 3.38. The van der Waals surface area contributed by atoms with Crippen molar-refractivity contribution >= 4 is 28.9 Å². The van der Waals surface area contributed by atoms with Gasteiger partial charge < -0.3 is 20.1 Å². The van der Waals surface area contributed by atoms with Crippen molar-refractivity contribution in [1.29, 1.82) is 0 Å². The molecule has 5 rings (SSSR count). The van der Waals surface area contributed by atoms with E-state index in [0.29, 0.717) is 47.9 Å². The first-order valence-corrected chi connectivity index (χ1v) is 12.3. The van der Waals surface area contributed by atoms with E-state index in [1.165, 1.54) is 19.1 Å². The van der Waals surface area contributed by atoms with Crippen molar-refractivity contribution < 1.29 is 23.8 Å². The Hall–Kier alpha value is -3.50. The highest BCUT2D eigenvalue weighted by molar-refractivity contribution is 6.30. The number of allylic oxidation sites excluding steroid dienone is 2. The minimum absolute atomic E-state index is 0.00178. The predicted molar refractivity (Wildman–Crippen MR) is 134 cm³/mol. The van der Waals surface area contributed by atoms with Gasteiger partial charge in [-0.25, -0.2) is 9.37 Å². The first-order chi connectivity index (χ1) is 17.5. The van der Waals surface area contributed by atoms with Gasteiger partial charge in [0.1, 0.15) is 29.5 Å². The van der Waals surface area contributed by atoms with Crippen LogP contribution in [0.25, 0.3) is 17.0 Å². The second-order valence-electron chi connectivity index (χ2n) is 9.93. The molecule has 2 aliphatic rings. The number of hydrogen-bond acceptors (Lipinski definition) is 6. The van der Waals surface area contributed by atoms with Crippen LogP contribution in [0.15, 0.2) is 30.3 Å². The molecule has 2 aromatic heterocycles. The Morgan fingerprint density at radius 1 is 1.30 bits per heavy atom. The summed E-state index contributed by atoms with van der Waals surface area (Å²) >= 11 is 5.83. The third kappa shape index (κ3) is 4.44. The number of nitrogens with zero attached hydrogens (tertiary/aromatic N) is 4. The van der Waals surface area contributed by atoms with Crippen molar-refractivity contribution in [2.45, 2.75) is 31.8 Å². The van der Waals surface area contributed by atoms with E-state index in [2.05, 4.69) is 5.10 Å². The number of nitrogens with two attached hydrogens (primary N) is 1. The summed E-state index contributed by atoms with van der Waals surface area (Å²) in [5.74, 6) is -0.460. The number of carbonyl (C=O) groups is 2. The number of primary amides is 1. The molecule has 9 nitrogen and oxygen atoms in total. The van der Waals surface area contributed by atoms with Crippen LogP contribution in [0.5, 0.6) is 5.88 Å². The molecule has 0 spiro atoms. The maximum Gasteiger partial charge on any atom is 0.267 e. The van der Waals surface area contributed by atoms with E-state index in [9.17, 15) is 19.1 Å². The lowest BCUT2D eigenvalue weighted by Crippen LogP contribution is -2.25. The van der Waals surface area contributed by atoms with Gasteiger partial charge in [-0.2, -0.15) is 0 Å². The monoisotopic (exact) mass is 527 g/mol. The Kier molecular flexibility index (Phi) is 6.19. The molecule has 2 aliphatic carbocycles. The number of aliphatic hydroxyl groups is 1. The van der Waals surface area contributed by atoms with Gasteiger partial charge in [0.05, 0.1) is 16.4 Å². The minimum atomic E-state index is -1.11. The molecule has 0 saturated heterocycles. The van der Waals surface area contributed by atoms with E-state index in [-0.39, 0.29) is 34.9 Å². The molecule has 194 valence electrons. The quantitative estimate of drug-likeness (QED) is 0.485. The maximum absolute atomic E-state index is 14.1. The van der Waals surface area contributed by atoms with Crippen LogP contribution in [0.3, 0.4) is 0 Å². The average Bonchev–Trinajstić information content (AvgIpc) is 3.54. The SMILES string of the molecule is CC(=O)COc1cc(C2(O)CC3C=C(c4nc(-c5ccc(Cl)c(F)c5)n(C)c4C(N)=O)CC3C2)n(C)n1. The minimum Gasteiger partial charge on any atom is -0.469 e. The Morgan fingerprint density at radius 2 is 2.05 bits per heavy atom. The molecule has 3 aromatic rings. The summed E-state index contributed by atoms with van der Waals surface area (Å²) in [5, 5.41) is 15.8. The summed E-state index contributed by atoms with van der Waals surface area (Å²) in [5.41, 5.74) is 7.29. The molecule has 3 atom stereocenters. The molecular formula is C26H27ClFN5O4. The molecule has 3 N–H and O–H groups in total. The standard InChI is InChI=1S/C26H27ClFN5O4/c1-13(34)12-37-21-9-20(33(3)31-21)26(36)10-16-6-15(7-17(16)11-26)22-23(24(29)35)32(2)25(30-22)14-4-5-18(27)19(28)8-14/h4-6,8-9,16-17,36H,7,10-12H2,1-3H3,(H2,29,35). The van der Waals surface area contributed by atoms with Crippen LogP contribution in [0.2, 0.25) is 5.02 Å². The van der Waals surface area contributed by atoms with Gasteiger partial charge in [0.2, 0.25) is 5.88 Å². The number of benzene rings is 1. The molecule has 0 radical (unpaired) electrons. The Balaban J connectivity index is 1.43. The first kappa shape index (κ1) is 25.2. The molecule has 0 bridgehead atoms. The number of fused-ring (bicyclic) bond motifs is 1. The second-order valence-corrected chi connectivity index (χ2v) is 10.3. The fourth-order valence-electron chi connectivity index (χ4n) is 5.66. The van der Waals surface area contributed by atoms with Gasteiger partial charge in [0.25, 0.3) is 5.91 Å². The smallest absolute Gasteiger partial charge is 0.267 e. The number of aromatic nitrogens is 4. The molecule has 11 heteroatoms. The van der Waals surface area contributed by atoms with Gasteiger partial charge in [-0.3, -0.25) is 14.3 Å². The van der Waals surface area contributed by atoms with Crippen LogP contribution < -0.4 is 10.5 Å². The van der Waals surface area contributed by atoms with E-state index in [1.807, 2.05) is 6.08 Å². The normalized spacial score (nSPS) is 22.7. The van der Waals surface area contributed by atoms with Crippen molar-refractivity contribution in [1.82, 2.24) is 19.3 Å². The van der Waals surface area contributed by atoms with Gasteiger partial charge in [0.15, 0.2) is 5.78 Å². The molecule has 0 aliphatic heterocycles. The lowest BCUT2D eigenvalue weighted by molar-refractivity contribution is -0.119. The van der Waals surface area contributed by atoms with Gasteiger partial charge >= 0.3 is 0 Å². The summed E-state index contributed by atoms with van der Waals surface area (Å²) in [4.78, 5) is 28.3. The number of rotatable bonds is 7. The second kappa shape index (κ2) is 9.11. The van der Waals surface area contributed by atoms with E-state index in [4.69, 9.17) is 27.1 Å². The number of imidazole rings is 1. The van der Waals surface area contributed by atoms with E-state index in [1.54, 1.807) is 35.5 Å². The van der Waals surface area contributed by atoms with Crippen molar-refractivity contribution in [3.05, 3.63) is 58.3 Å². The zero-order chi connectivity index (χ0) is 26.6. The topological polar surface area (TPSA) is 125 Å². The third-order valence-corrected chi connectivity index (χ3v) is 7.55. The summed E-state index contributed by atoms with van der Waals surface area (Å²) < 4.78 is 22.7. The number of aryl methyl sites for hydroxylation is 1. The molecule has 1 saturated carbocycles.